The molecule has 0 aromatic heterocycles. The number of unbranched alkanes of at least 4 members (excludes halogenated alkanes) is 4. The van der Waals surface area contributed by atoms with Crippen molar-refractivity contribution >= 4 is 28.0 Å². The first-order chi connectivity index (χ1) is 22.2. The molecule has 46 heavy (non-hydrogen) atoms. The maximum atomic E-state index is 2.33. The highest BCUT2D eigenvalue weighted by Gasteiger charge is 2.31. The summed E-state index contributed by atoms with van der Waals surface area (Å²) in [7, 11) is 0. The van der Waals surface area contributed by atoms with Crippen LogP contribution >= 0.6 is 0 Å². The minimum Gasteiger partial charge on any atom is -0.324 e. The number of nitrogens with zero attached hydrogens (tertiary/aromatic N) is 1. The summed E-state index contributed by atoms with van der Waals surface area (Å²) in [4.78, 5) is 0. The summed E-state index contributed by atoms with van der Waals surface area (Å²) < 4.78 is 1.42. The van der Waals surface area contributed by atoms with Gasteiger partial charge in [-0.15, -0.1) is 0 Å². The third kappa shape index (κ3) is 9.95. The van der Waals surface area contributed by atoms with E-state index in [1.54, 1.807) is 0 Å². The Balaban J connectivity index is 0.000000292. The average molecular weight is 618 g/mol. The van der Waals surface area contributed by atoms with Crippen LogP contribution in [0, 0.1) is 27.7 Å². The van der Waals surface area contributed by atoms with Gasteiger partial charge in [0.25, 0.3) is 0 Å². The van der Waals surface area contributed by atoms with E-state index in [4.69, 9.17) is 0 Å². The van der Waals surface area contributed by atoms with Crippen LogP contribution in [0.25, 0.3) is 0 Å². The maximum Gasteiger partial charge on any atom is 0.108 e. The van der Waals surface area contributed by atoms with E-state index in [0.29, 0.717) is 0 Å². The van der Waals surface area contributed by atoms with Gasteiger partial charge in [-0.2, -0.15) is 21.9 Å². The highest BCUT2D eigenvalue weighted by molar-refractivity contribution is 7.19. The smallest absolute Gasteiger partial charge is 0.108 e. The molecule has 0 saturated carbocycles. The molecule has 4 aromatic carbocycles. The predicted molar refractivity (Wildman–Crippen MR) is 208 cm³/mol. The van der Waals surface area contributed by atoms with Crippen LogP contribution < -0.4 is 21.9 Å². The van der Waals surface area contributed by atoms with Crippen molar-refractivity contribution in [2.45, 2.75) is 107 Å². The molecule has 0 bridgehead atoms. The Morgan fingerprint density at radius 1 is 0.348 bits per heavy atom. The van der Waals surface area contributed by atoms with E-state index in [1.165, 1.54) is 126 Å². The van der Waals surface area contributed by atoms with Gasteiger partial charge in [0.1, 0.15) is 6.15 Å². The van der Waals surface area contributed by atoms with E-state index in [9.17, 15) is 0 Å². The molecular weight excluding hydrogens is 553 g/mol. The summed E-state index contributed by atoms with van der Waals surface area (Å²) in [6.45, 7) is 23.6. The molecule has 0 fully saturated rings. The van der Waals surface area contributed by atoms with Crippen molar-refractivity contribution in [2.24, 2.45) is 0 Å². The van der Waals surface area contributed by atoms with Crippen LogP contribution in [-0.2, 0) is 0 Å². The molecule has 4 rings (SSSR count). The van der Waals surface area contributed by atoms with Crippen molar-refractivity contribution in [1.29, 1.82) is 0 Å². The molecule has 0 heterocycles. The molecule has 0 saturated heterocycles. The zero-order valence-corrected chi connectivity index (χ0v) is 30.7. The summed E-state index contributed by atoms with van der Waals surface area (Å²) in [6.07, 6.45) is 9.79. The van der Waals surface area contributed by atoms with Gasteiger partial charge in [0.05, 0.1) is 26.2 Å². The molecular formula is C44H64BN. The van der Waals surface area contributed by atoms with Gasteiger partial charge < -0.3 is 4.48 Å². The number of aryl methyl sites for hydroxylation is 4. The second-order valence-electron chi connectivity index (χ2n) is 14.2. The lowest BCUT2D eigenvalue weighted by Crippen LogP contribution is -2.74. The predicted octanol–water partition coefficient (Wildman–Crippen LogP) is 9.30. The molecule has 0 spiro atoms. The van der Waals surface area contributed by atoms with Crippen LogP contribution in [0.15, 0.2) is 97.1 Å². The molecule has 0 unspecified atom stereocenters. The normalized spacial score (nSPS) is 11.7. The minimum absolute atomic E-state index is 1.27. The summed E-state index contributed by atoms with van der Waals surface area (Å²) in [6, 6.07) is 36.4. The Labute approximate surface area is 284 Å². The zero-order valence-electron chi connectivity index (χ0n) is 30.7. The fourth-order valence-electron chi connectivity index (χ4n) is 7.22. The first-order valence-electron chi connectivity index (χ1n) is 18.5. The first-order valence-corrected chi connectivity index (χ1v) is 18.5. The van der Waals surface area contributed by atoms with Crippen LogP contribution in [0.3, 0.4) is 0 Å². The van der Waals surface area contributed by atoms with Crippen molar-refractivity contribution in [1.82, 2.24) is 0 Å². The van der Waals surface area contributed by atoms with Crippen molar-refractivity contribution in [3.63, 3.8) is 0 Å². The third-order valence-electron chi connectivity index (χ3n) is 10.3. The summed E-state index contributed by atoms with van der Waals surface area (Å²) >= 11 is 0. The Hall–Kier alpha value is -3.10. The van der Waals surface area contributed by atoms with Gasteiger partial charge in [-0.3, -0.25) is 0 Å². The van der Waals surface area contributed by atoms with Crippen LogP contribution in [0.5, 0.6) is 0 Å². The molecule has 0 amide bonds. The monoisotopic (exact) mass is 618 g/mol. The quantitative estimate of drug-likeness (QED) is 0.0868. The van der Waals surface area contributed by atoms with Crippen molar-refractivity contribution in [3.05, 3.63) is 119 Å². The average Bonchev–Trinajstić information content (AvgIpc) is 3.07. The largest absolute Gasteiger partial charge is 0.324 e. The second-order valence-corrected chi connectivity index (χ2v) is 14.2. The Bertz CT molecular complexity index is 1160. The van der Waals surface area contributed by atoms with Crippen molar-refractivity contribution < 1.29 is 4.48 Å². The maximum absolute atomic E-state index is 2.33. The molecule has 0 atom stereocenters. The Kier molecular flexibility index (Phi) is 15.4. The van der Waals surface area contributed by atoms with E-state index < -0.39 is 6.15 Å². The number of hydrogen-bond acceptors (Lipinski definition) is 0. The fraction of sp³-hybridized carbons (Fsp3) is 0.455. The first kappa shape index (κ1) is 37.4. The lowest BCUT2D eigenvalue weighted by molar-refractivity contribution is -0.929. The number of rotatable bonds is 16. The van der Waals surface area contributed by atoms with Crippen LogP contribution in [0.4, 0.5) is 0 Å². The molecule has 0 N–H and O–H groups in total. The van der Waals surface area contributed by atoms with E-state index in [1.807, 2.05) is 0 Å². The molecule has 248 valence electrons. The molecule has 1 nitrogen and oxygen atoms in total. The van der Waals surface area contributed by atoms with E-state index in [2.05, 4.69) is 152 Å². The van der Waals surface area contributed by atoms with Gasteiger partial charge in [0, 0.05) is 0 Å². The molecule has 0 aliphatic heterocycles. The van der Waals surface area contributed by atoms with Crippen LogP contribution in [0.2, 0.25) is 0 Å². The fourth-order valence-corrected chi connectivity index (χ4v) is 7.22. The summed E-state index contributed by atoms with van der Waals surface area (Å²) in [5, 5.41) is 0. The third-order valence-corrected chi connectivity index (χ3v) is 10.3. The standard InChI is InChI=1S/C28H28B.C16H36N/c1-21-5-13-25(14-6-21)29(26-15-7-22(2)8-16-26,27-17-9-23(3)10-18-27)28-19-11-24(4)12-20-28;1-5-9-13-17(14-10-6-2,15-11-7-3)16-12-8-4/h5-20H,1-4H3;5-16H2,1-4H3/q-1;+1. The van der Waals surface area contributed by atoms with Gasteiger partial charge in [0.2, 0.25) is 0 Å². The van der Waals surface area contributed by atoms with Gasteiger partial charge >= 0.3 is 0 Å². The lowest BCUT2D eigenvalue weighted by Gasteiger charge is -2.44. The summed E-state index contributed by atoms with van der Waals surface area (Å²) in [5.74, 6) is 0. The van der Waals surface area contributed by atoms with Gasteiger partial charge in [-0.1, -0.05) is 173 Å². The van der Waals surface area contributed by atoms with E-state index in [-0.39, 0.29) is 0 Å². The Morgan fingerprint density at radius 2 is 0.543 bits per heavy atom. The molecule has 4 aromatic rings. The molecule has 0 radical (unpaired) electrons. The van der Waals surface area contributed by atoms with Gasteiger partial charge in [-0.05, 0) is 53.4 Å². The molecule has 0 aliphatic rings. The number of benzene rings is 4. The van der Waals surface area contributed by atoms with Crippen molar-refractivity contribution in [3.8, 4) is 0 Å². The number of hydrogen-bond donors (Lipinski definition) is 0. The van der Waals surface area contributed by atoms with Crippen molar-refractivity contribution in [2.75, 3.05) is 26.2 Å². The second kappa shape index (κ2) is 18.9. The van der Waals surface area contributed by atoms with Gasteiger partial charge in [-0.25, -0.2) is 0 Å². The SMILES string of the molecule is CCCC[N+](CCCC)(CCCC)CCCC.Cc1ccc([B-](c2ccc(C)cc2)(c2ccc(C)cc2)c2ccc(C)cc2)cc1. The highest BCUT2D eigenvalue weighted by Crippen LogP contribution is 2.17. The number of quaternary nitrogens is 1. The minimum atomic E-state index is -1.27. The van der Waals surface area contributed by atoms with Gasteiger partial charge in [0.15, 0.2) is 0 Å². The van der Waals surface area contributed by atoms with Crippen LogP contribution in [-0.4, -0.2) is 36.8 Å². The lowest BCUT2D eigenvalue weighted by atomic mass is 9.13. The molecule has 0 aliphatic carbocycles. The molecule has 2 heteroatoms. The van der Waals surface area contributed by atoms with E-state index >= 15 is 0 Å². The summed E-state index contributed by atoms with van der Waals surface area (Å²) in [5.41, 5.74) is 10.6. The topological polar surface area (TPSA) is 0 Å². The van der Waals surface area contributed by atoms with E-state index in [0.717, 1.165) is 0 Å². The Morgan fingerprint density at radius 3 is 0.717 bits per heavy atom. The van der Waals surface area contributed by atoms with Crippen LogP contribution in [0.1, 0.15) is 101 Å². The highest BCUT2D eigenvalue weighted by atomic mass is 15.3. The zero-order chi connectivity index (χ0) is 33.4.